The second-order valence-corrected chi connectivity index (χ2v) is 7.92. The molecule has 1 aromatic carbocycles. The lowest BCUT2D eigenvalue weighted by molar-refractivity contribution is -0.0171. The highest BCUT2D eigenvalue weighted by Crippen LogP contribution is 2.54. The number of hydrogen-bond acceptors (Lipinski definition) is 1. The summed E-state index contributed by atoms with van der Waals surface area (Å²) in [6, 6.07) is 5.59. The fourth-order valence-electron chi connectivity index (χ4n) is 5.43. The molecule has 5 rings (SSSR count). The van der Waals surface area contributed by atoms with Crippen LogP contribution in [0.4, 0.5) is 4.39 Å². The highest BCUT2D eigenvalue weighted by Gasteiger charge is 2.48. The van der Waals surface area contributed by atoms with Gasteiger partial charge >= 0.3 is 0 Å². The van der Waals surface area contributed by atoms with Crippen LogP contribution in [0.15, 0.2) is 18.2 Å². The molecule has 0 spiro atoms. The molecule has 0 amide bonds. The molecule has 4 aliphatic carbocycles. The predicted molar refractivity (Wildman–Crippen MR) is 83.8 cm³/mol. The molecule has 21 heavy (non-hydrogen) atoms. The molecule has 0 heterocycles. The maximum absolute atomic E-state index is 13.2. The van der Waals surface area contributed by atoms with Gasteiger partial charge in [-0.05, 0) is 80.4 Å². The Labute approximate surface area is 131 Å². The summed E-state index contributed by atoms with van der Waals surface area (Å²) in [4.78, 5) is 0. The fraction of sp³-hybridized carbons (Fsp3) is 0.667. The van der Waals surface area contributed by atoms with Gasteiger partial charge < -0.3 is 5.32 Å². The Balaban J connectivity index is 1.50. The van der Waals surface area contributed by atoms with Gasteiger partial charge in [0, 0.05) is 17.1 Å². The first-order valence-electron chi connectivity index (χ1n) is 8.31. The third kappa shape index (κ3) is 2.51. The van der Waals surface area contributed by atoms with E-state index in [2.05, 4.69) is 12.2 Å². The van der Waals surface area contributed by atoms with Gasteiger partial charge in [-0.2, -0.15) is 0 Å². The number of rotatable bonds is 3. The molecule has 1 aromatic rings. The van der Waals surface area contributed by atoms with Crippen LogP contribution in [0.5, 0.6) is 0 Å². The third-order valence-electron chi connectivity index (χ3n) is 6.10. The van der Waals surface area contributed by atoms with Gasteiger partial charge in [-0.15, -0.1) is 0 Å². The van der Waals surface area contributed by atoms with Crippen molar-refractivity contribution in [3.8, 4) is 0 Å². The van der Waals surface area contributed by atoms with Crippen molar-refractivity contribution < 1.29 is 4.39 Å². The van der Waals surface area contributed by atoms with Crippen molar-refractivity contribution in [2.75, 3.05) is 0 Å². The molecule has 1 unspecified atom stereocenters. The maximum atomic E-state index is 13.2. The zero-order chi connectivity index (χ0) is 14.6. The van der Waals surface area contributed by atoms with Crippen LogP contribution in [0.2, 0.25) is 5.02 Å². The lowest BCUT2D eigenvalue weighted by atomic mass is 9.54. The molecule has 1 N–H and O–H groups in total. The predicted octanol–water partition coefficient (Wildman–Crippen LogP) is 4.95. The van der Waals surface area contributed by atoms with Crippen LogP contribution in [0.3, 0.4) is 0 Å². The lowest BCUT2D eigenvalue weighted by Gasteiger charge is -2.55. The molecule has 4 fully saturated rings. The largest absolute Gasteiger partial charge is 0.307 e. The standard InChI is InChI=1S/C18H23ClFN/c1-10(16-3-2-15(20)9-17(16)19)21-18-13-5-11-4-12(7-13)8-14(18)6-11/h2-3,9-14,18,21H,4-8H2,1H3. The lowest BCUT2D eigenvalue weighted by Crippen LogP contribution is -2.54. The monoisotopic (exact) mass is 307 g/mol. The zero-order valence-corrected chi connectivity index (χ0v) is 13.2. The van der Waals surface area contributed by atoms with Crippen LogP contribution in [-0.2, 0) is 0 Å². The van der Waals surface area contributed by atoms with E-state index in [0.717, 1.165) is 29.2 Å². The van der Waals surface area contributed by atoms with Gasteiger partial charge in [0.2, 0.25) is 0 Å². The van der Waals surface area contributed by atoms with Gasteiger partial charge in [0.1, 0.15) is 5.82 Å². The fourth-order valence-corrected chi connectivity index (χ4v) is 5.76. The third-order valence-corrected chi connectivity index (χ3v) is 6.43. The summed E-state index contributed by atoms with van der Waals surface area (Å²) < 4.78 is 13.2. The number of hydrogen-bond donors (Lipinski definition) is 1. The Bertz CT molecular complexity index is 516. The van der Waals surface area contributed by atoms with Crippen LogP contribution in [-0.4, -0.2) is 6.04 Å². The molecular weight excluding hydrogens is 285 g/mol. The molecule has 0 saturated heterocycles. The maximum Gasteiger partial charge on any atom is 0.124 e. The van der Waals surface area contributed by atoms with Gasteiger partial charge in [0.15, 0.2) is 0 Å². The Morgan fingerprint density at radius 2 is 1.71 bits per heavy atom. The van der Waals surface area contributed by atoms with Crippen molar-refractivity contribution >= 4 is 11.6 Å². The number of benzene rings is 1. The molecule has 114 valence electrons. The smallest absolute Gasteiger partial charge is 0.124 e. The van der Waals surface area contributed by atoms with Crippen molar-refractivity contribution in [3.05, 3.63) is 34.6 Å². The zero-order valence-electron chi connectivity index (χ0n) is 12.5. The molecule has 0 aromatic heterocycles. The van der Waals surface area contributed by atoms with E-state index in [1.54, 1.807) is 0 Å². The van der Waals surface area contributed by atoms with E-state index in [1.165, 1.54) is 44.2 Å². The Morgan fingerprint density at radius 1 is 1.10 bits per heavy atom. The molecule has 4 aliphatic rings. The van der Waals surface area contributed by atoms with Crippen molar-refractivity contribution in [2.45, 2.75) is 51.1 Å². The summed E-state index contributed by atoms with van der Waals surface area (Å²) in [5.41, 5.74) is 1.02. The topological polar surface area (TPSA) is 12.0 Å². The van der Waals surface area contributed by atoms with Crippen molar-refractivity contribution in [2.24, 2.45) is 23.7 Å². The van der Waals surface area contributed by atoms with Crippen molar-refractivity contribution in [1.29, 1.82) is 0 Å². The molecule has 4 bridgehead atoms. The summed E-state index contributed by atoms with van der Waals surface area (Å²) in [7, 11) is 0. The minimum absolute atomic E-state index is 0.195. The first-order valence-corrected chi connectivity index (χ1v) is 8.69. The molecule has 3 heteroatoms. The first kappa shape index (κ1) is 14.0. The highest BCUT2D eigenvalue weighted by atomic mass is 35.5. The second kappa shape index (κ2) is 5.24. The van der Waals surface area contributed by atoms with Crippen LogP contribution in [0, 0.1) is 29.5 Å². The van der Waals surface area contributed by atoms with E-state index in [-0.39, 0.29) is 11.9 Å². The molecular formula is C18H23ClFN. The molecule has 0 aliphatic heterocycles. The molecule has 4 saturated carbocycles. The van der Waals surface area contributed by atoms with Crippen LogP contribution >= 0.6 is 11.6 Å². The van der Waals surface area contributed by atoms with Gasteiger partial charge in [-0.1, -0.05) is 17.7 Å². The first-order chi connectivity index (χ1) is 10.1. The summed E-state index contributed by atoms with van der Waals surface area (Å²) >= 11 is 6.21. The summed E-state index contributed by atoms with van der Waals surface area (Å²) in [6.45, 7) is 2.16. The summed E-state index contributed by atoms with van der Waals surface area (Å²) in [5.74, 6) is 3.43. The Morgan fingerprint density at radius 3 is 2.29 bits per heavy atom. The normalized spacial score (nSPS) is 38.7. The van der Waals surface area contributed by atoms with E-state index in [9.17, 15) is 4.39 Å². The highest BCUT2D eigenvalue weighted by molar-refractivity contribution is 6.31. The van der Waals surface area contributed by atoms with Crippen LogP contribution in [0.1, 0.15) is 50.6 Å². The van der Waals surface area contributed by atoms with E-state index in [4.69, 9.17) is 11.6 Å². The summed E-state index contributed by atoms with van der Waals surface area (Å²) in [5, 5.41) is 4.37. The quantitative estimate of drug-likeness (QED) is 0.832. The second-order valence-electron chi connectivity index (χ2n) is 7.51. The van der Waals surface area contributed by atoms with Crippen molar-refractivity contribution in [1.82, 2.24) is 5.32 Å². The minimum Gasteiger partial charge on any atom is -0.307 e. The van der Waals surface area contributed by atoms with Gasteiger partial charge in [-0.25, -0.2) is 4.39 Å². The van der Waals surface area contributed by atoms with E-state index in [1.807, 2.05) is 6.07 Å². The van der Waals surface area contributed by atoms with Crippen molar-refractivity contribution in [3.63, 3.8) is 0 Å². The van der Waals surface area contributed by atoms with Gasteiger partial charge in [0.25, 0.3) is 0 Å². The minimum atomic E-state index is -0.259. The average Bonchev–Trinajstić information content (AvgIpc) is 2.41. The van der Waals surface area contributed by atoms with E-state index in [0.29, 0.717) is 11.1 Å². The molecule has 0 radical (unpaired) electrons. The number of nitrogens with one attached hydrogen (secondary N) is 1. The average molecular weight is 308 g/mol. The SMILES string of the molecule is CC(NC1C2CC3CC(C2)CC1C3)c1ccc(F)cc1Cl. The Kier molecular flexibility index (Phi) is 3.50. The number of halogens is 2. The van der Waals surface area contributed by atoms with Crippen LogP contribution in [0.25, 0.3) is 0 Å². The molecule has 1 atom stereocenters. The van der Waals surface area contributed by atoms with Crippen LogP contribution < -0.4 is 5.32 Å². The summed E-state index contributed by atoms with van der Waals surface area (Å²) in [6.07, 6.45) is 7.13. The Hall–Kier alpha value is -0.600. The molecule has 1 nitrogen and oxygen atoms in total. The van der Waals surface area contributed by atoms with Gasteiger partial charge in [0.05, 0.1) is 0 Å². The van der Waals surface area contributed by atoms with E-state index < -0.39 is 0 Å². The van der Waals surface area contributed by atoms with E-state index >= 15 is 0 Å². The van der Waals surface area contributed by atoms with Gasteiger partial charge in [-0.3, -0.25) is 0 Å².